The van der Waals surface area contributed by atoms with Gasteiger partial charge in [-0.15, -0.1) is 0 Å². The van der Waals surface area contributed by atoms with Gasteiger partial charge in [-0.05, 0) is 62.9 Å². The first kappa shape index (κ1) is 24.2. The van der Waals surface area contributed by atoms with Gasteiger partial charge in [-0.25, -0.2) is 0 Å². The van der Waals surface area contributed by atoms with Gasteiger partial charge in [0, 0.05) is 38.3 Å². The topological polar surface area (TPSA) is 81.2 Å². The lowest BCUT2D eigenvalue weighted by Crippen LogP contribution is -2.38. The number of likely N-dealkylation sites (tertiary alicyclic amines) is 3. The maximum absolute atomic E-state index is 13.0. The summed E-state index contributed by atoms with van der Waals surface area (Å²) in [5, 5.41) is 6.89. The van der Waals surface area contributed by atoms with Crippen molar-refractivity contribution in [2.75, 3.05) is 39.3 Å². The normalized spacial score (nSPS) is 23.7. The first-order valence-electron chi connectivity index (χ1n) is 12.0. The maximum Gasteiger partial charge on any atom is 0.290 e. The number of rotatable bonds is 5. The number of hydrogen-bond donors (Lipinski definition) is 1. The Balaban J connectivity index is 0.000000913. The second kappa shape index (κ2) is 11.5. The van der Waals surface area contributed by atoms with Crippen LogP contribution in [0.4, 0.5) is 0 Å². The van der Waals surface area contributed by atoms with Gasteiger partial charge >= 0.3 is 0 Å². The van der Waals surface area contributed by atoms with Gasteiger partial charge in [0.05, 0.1) is 5.41 Å². The van der Waals surface area contributed by atoms with Crippen molar-refractivity contribution >= 4 is 18.3 Å². The van der Waals surface area contributed by atoms with Crippen LogP contribution in [0.2, 0.25) is 0 Å². The predicted molar refractivity (Wildman–Crippen MR) is 123 cm³/mol. The van der Waals surface area contributed by atoms with Crippen LogP contribution in [0.15, 0.2) is 24.3 Å². The number of hydrogen-bond acceptors (Lipinski definition) is 4. The Bertz CT molecular complexity index is 774. The number of carbonyl (C=O) groups excluding carboxylic acids is 2. The highest BCUT2D eigenvalue weighted by Crippen LogP contribution is 2.41. The van der Waals surface area contributed by atoms with Crippen molar-refractivity contribution in [3.8, 4) is 0 Å². The zero-order valence-corrected chi connectivity index (χ0v) is 19.3. The summed E-state index contributed by atoms with van der Waals surface area (Å²) in [7, 11) is 0. The van der Waals surface area contributed by atoms with Crippen molar-refractivity contribution in [1.82, 2.24) is 14.7 Å². The molecule has 1 spiro atoms. The molecule has 0 aromatic heterocycles. The third kappa shape index (κ3) is 5.68. The summed E-state index contributed by atoms with van der Waals surface area (Å²) in [6.07, 6.45) is 7.98. The molecule has 0 aliphatic carbocycles. The average Bonchev–Trinajstić information content (AvgIpc) is 3.25. The van der Waals surface area contributed by atoms with E-state index in [9.17, 15) is 9.59 Å². The van der Waals surface area contributed by atoms with Crippen LogP contribution in [0.25, 0.3) is 0 Å². The molecular formula is C25H37N3O4. The number of nitrogens with zero attached hydrogens (tertiary/aromatic N) is 3. The largest absolute Gasteiger partial charge is 0.483 e. The molecule has 0 saturated carbocycles. The van der Waals surface area contributed by atoms with E-state index in [2.05, 4.69) is 24.0 Å². The molecular weight excluding hydrogens is 406 g/mol. The van der Waals surface area contributed by atoms with E-state index in [1.165, 1.54) is 44.3 Å². The summed E-state index contributed by atoms with van der Waals surface area (Å²) in [4.78, 5) is 40.7. The van der Waals surface area contributed by atoms with Crippen molar-refractivity contribution in [3.05, 3.63) is 35.4 Å². The summed E-state index contributed by atoms with van der Waals surface area (Å²) in [5.41, 5.74) is 1.71. The van der Waals surface area contributed by atoms with Crippen LogP contribution in [-0.2, 0) is 16.1 Å². The van der Waals surface area contributed by atoms with Crippen LogP contribution in [0, 0.1) is 5.41 Å². The Morgan fingerprint density at radius 3 is 2.28 bits per heavy atom. The Kier molecular flexibility index (Phi) is 8.67. The van der Waals surface area contributed by atoms with E-state index in [0.717, 1.165) is 44.5 Å². The van der Waals surface area contributed by atoms with Crippen molar-refractivity contribution in [3.63, 3.8) is 0 Å². The molecule has 0 bridgehead atoms. The van der Waals surface area contributed by atoms with Crippen LogP contribution in [0.3, 0.4) is 0 Å². The molecule has 7 heteroatoms. The Morgan fingerprint density at radius 1 is 1.03 bits per heavy atom. The van der Waals surface area contributed by atoms with Crippen molar-refractivity contribution in [2.45, 2.75) is 58.4 Å². The molecule has 3 fully saturated rings. The molecule has 4 rings (SSSR count). The second-order valence-electron chi connectivity index (χ2n) is 9.29. The van der Waals surface area contributed by atoms with E-state index in [1.54, 1.807) is 0 Å². The van der Waals surface area contributed by atoms with Gasteiger partial charge in [0.25, 0.3) is 12.4 Å². The lowest BCUT2D eigenvalue weighted by atomic mass is 9.85. The zero-order valence-electron chi connectivity index (χ0n) is 19.3. The van der Waals surface area contributed by atoms with Gasteiger partial charge in [0.2, 0.25) is 5.91 Å². The number of benzene rings is 1. The molecule has 1 unspecified atom stereocenters. The lowest BCUT2D eigenvalue weighted by molar-refractivity contribution is -0.135. The monoisotopic (exact) mass is 443 g/mol. The first-order chi connectivity index (χ1) is 15.5. The third-order valence-corrected chi connectivity index (χ3v) is 7.04. The van der Waals surface area contributed by atoms with Gasteiger partial charge in [0.15, 0.2) is 0 Å². The standard InChI is InChI=1S/C24H35N3O2.CH2O2/c1-2-13-26-16-11-24(23(26)29)12-17-27(19-24)22(28)21-9-7-20(8-10-21)18-25-14-5-3-4-6-15-25;2-1-3/h7-10H,2-6,11-19H2,1H3;1H,(H,2,3). The van der Waals surface area contributed by atoms with Crippen LogP contribution < -0.4 is 0 Å². The highest BCUT2D eigenvalue weighted by molar-refractivity contribution is 5.95. The van der Waals surface area contributed by atoms with Crippen LogP contribution in [0.1, 0.15) is 67.8 Å². The van der Waals surface area contributed by atoms with E-state index in [-0.39, 0.29) is 23.7 Å². The van der Waals surface area contributed by atoms with Crippen LogP contribution in [0.5, 0.6) is 0 Å². The lowest BCUT2D eigenvalue weighted by Gasteiger charge is -2.23. The SMILES string of the molecule is CCCN1CCC2(CCN(C(=O)c3ccc(CN4CCCCCC4)cc3)C2)C1=O.O=CO. The molecule has 3 saturated heterocycles. The third-order valence-electron chi connectivity index (χ3n) is 7.04. The quantitative estimate of drug-likeness (QED) is 0.707. The van der Waals surface area contributed by atoms with Gasteiger partial charge in [-0.2, -0.15) is 0 Å². The zero-order chi connectivity index (χ0) is 23.0. The molecule has 3 aliphatic rings. The number of carboxylic acid groups (broad SMARTS) is 1. The highest BCUT2D eigenvalue weighted by atomic mass is 16.3. The summed E-state index contributed by atoms with van der Waals surface area (Å²) in [5.74, 6) is 0.340. The van der Waals surface area contributed by atoms with Gasteiger partial charge in [-0.3, -0.25) is 19.3 Å². The molecule has 1 atom stereocenters. The fraction of sp³-hybridized carbons (Fsp3) is 0.640. The molecule has 3 heterocycles. The summed E-state index contributed by atoms with van der Waals surface area (Å²) < 4.78 is 0. The van der Waals surface area contributed by atoms with Crippen LogP contribution >= 0.6 is 0 Å². The van der Waals surface area contributed by atoms with E-state index < -0.39 is 0 Å². The van der Waals surface area contributed by atoms with E-state index in [4.69, 9.17) is 9.90 Å². The molecule has 2 amide bonds. The fourth-order valence-corrected chi connectivity index (χ4v) is 5.29. The average molecular weight is 444 g/mol. The maximum atomic E-state index is 13.0. The molecule has 32 heavy (non-hydrogen) atoms. The van der Waals surface area contributed by atoms with Crippen molar-refractivity contribution in [1.29, 1.82) is 0 Å². The van der Waals surface area contributed by atoms with E-state index >= 15 is 0 Å². The Morgan fingerprint density at radius 2 is 1.66 bits per heavy atom. The minimum Gasteiger partial charge on any atom is -0.483 e. The van der Waals surface area contributed by atoms with Crippen molar-refractivity contribution in [2.24, 2.45) is 5.41 Å². The predicted octanol–water partition coefficient (Wildman–Crippen LogP) is 3.24. The van der Waals surface area contributed by atoms with Gasteiger partial charge < -0.3 is 14.9 Å². The molecule has 176 valence electrons. The van der Waals surface area contributed by atoms with E-state index in [0.29, 0.717) is 13.1 Å². The second-order valence-corrected chi connectivity index (χ2v) is 9.29. The highest BCUT2D eigenvalue weighted by Gasteiger charge is 2.51. The molecule has 1 aromatic rings. The summed E-state index contributed by atoms with van der Waals surface area (Å²) in [6.45, 7) is 8.16. The minimum atomic E-state index is -0.322. The Hall–Kier alpha value is -2.41. The van der Waals surface area contributed by atoms with Crippen molar-refractivity contribution < 1.29 is 19.5 Å². The van der Waals surface area contributed by atoms with E-state index in [1.807, 2.05) is 21.9 Å². The van der Waals surface area contributed by atoms with Gasteiger partial charge in [0.1, 0.15) is 0 Å². The number of carbonyl (C=O) groups is 3. The summed E-state index contributed by atoms with van der Waals surface area (Å²) in [6, 6.07) is 8.15. The molecule has 0 radical (unpaired) electrons. The molecule has 3 aliphatic heterocycles. The Labute approximate surface area is 191 Å². The fourth-order valence-electron chi connectivity index (χ4n) is 5.29. The number of amides is 2. The summed E-state index contributed by atoms with van der Waals surface area (Å²) >= 11 is 0. The molecule has 1 N–H and O–H groups in total. The first-order valence-corrected chi connectivity index (χ1v) is 12.0. The molecule has 7 nitrogen and oxygen atoms in total. The van der Waals surface area contributed by atoms with Gasteiger partial charge in [-0.1, -0.05) is 31.9 Å². The molecule has 1 aromatic carbocycles. The smallest absolute Gasteiger partial charge is 0.290 e. The minimum absolute atomic E-state index is 0.0740. The van der Waals surface area contributed by atoms with Crippen LogP contribution in [-0.4, -0.2) is 77.4 Å².